The fraction of sp³-hybridized carbons (Fsp3) is 0.333. The minimum Gasteiger partial charge on any atom is -0.493 e. The Morgan fingerprint density at radius 3 is 2.57 bits per heavy atom. The molecule has 2 aromatic rings. The van der Waals surface area contributed by atoms with E-state index in [1.807, 2.05) is 25.2 Å². The zero-order valence-electron chi connectivity index (χ0n) is 12.4. The molecule has 0 aliphatic carbocycles. The van der Waals surface area contributed by atoms with Gasteiger partial charge in [0, 0.05) is 17.1 Å². The number of hydrogen-bond acceptors (Lipinski definition) is 2. The largest absolute Gasteiger partial charge is 0.493 e. The average molecular weight is 304 g/mol. The first-order valence-electron chi connectivity index (χ1n) is 7.40. The molecule has 0 unspecified atom stereocenters. The Bertz CT molecular complexity index is 542. The molecule has 112 valence electrons. The summed E-state index contributed by atoms with van der Waals surface area (Å²) in [5.74, 6) is 0.886. The molecule has 0 amide bonds. The van der Waals surface area contributed by atoms with Crippen molar-refractivity contribution in [3.05, 3.63) is 64.7 Å². The second-order valence-corrected chi connectivity index (χ2v) is 5.45. The van der Waals surface area contributed by atoms with Gasteiger partial charge in [0.15, 0.2) is 0 Å². The van der Waals surface area contributed by atoms with Gasteiger partial charge >= 0.3 is 0 Å². The van der Waals surface area contributed by atoms with Crippen molar-refractivity contribution in [1.29, 1.82) is 0 Å². The van der Waals surface area contributed by atoms with Gasteiger partial charge in [0.1, 0.15) is 5.75 Å². The van der Waals surface area contributed by atoms with Gasteiger partial charge in [-0.25, -0.2) is 0 Å². The Morgan fingerprint density at radius 1 is 1.00 bits per heavy atom. The highest BCUT2D eigenvalue weighted by Crippen LogP contribution is 2.26. The molecule has 2 nitrogen and oxygen atoms in total. The van der Waals surface area contributed by atoms with Crippen LogP contribution >= 0.6 is 11.6 Å². The first-order valence-corrected chi connectivity index (χ1v) is 7.78. The zero-order chi connectivity index (χ0) is 14.9. The van der Waals surface area contributed by atoms with Gasteiger partial charge in [0.25, 0.3) is 0 Å². The number of hydrogen-bond donors (Lipinski definition) is 1. The monoisotopic (exact) mass is 303 g/mol. The third-order valence-electron chi connectivity index (χ3n) is 3.39. The van der Waals surface area contributed by atoms with Gasteiger partial charge < -0.3 is 10.1 Å². The van der Waals surface area contributed by atoms with E-state index in [-0.39, 0.29) is 0 Å². The summed E-state index contributed by atoms with van der Waals surface area (Å²) in [6.07, 6.45) is 3.27. The molecule has 0 radical (unpaired) electrons. The van der Waals surface area contributed by atoms with Crippen LogP contribution in [0.1, 0.15) is 24.0 Å². The third kappa shape index (κ3) is 5.07. The molecule has 0 aromatic heterocycles. The first-order chi connectivity index (χ1) is 10.3. The SMILES string of the molecule is CNCc1c(Cl)cccc1OCCCCc1ccccc1. The van der Waals surface area contributed by atoms with E-state index in [2.05, 4.69) is 35.6 Å². The van der Waals surface area contributed by atoms with E-state index in [1.54, 1.807) is 0 Å². The summed E-state index contributed by atoms with van der Waals surface area (Å²) in [5, 5.41) is 3.88. The van der Waals surface area contributed by atoms with Crippen molar-refractivity contribution in [3.8, 4) is 5.75 Å². The Hall–Kier alpha value is -1.51. The highest BCUT2D eigenvalue weighted by atomic mass is 35.5. The molecule has 0 heterocycles. The second-order valence-electron chi connectivity index (χ2n) is 5.04. The summed E-state index contributed by atoms with van der Waals surface area (Å²) in [6.45, 7) is 1.45. The summed E-state index contributed by atoms with van der Waals surface area (Å²) in [7, 11) is 1.91. The molecule has 0 atom stereocenters. The van der Waals surface area contributed by atoms with Crippen LogP contribution in [-0.4, -0.2) is 13.7 Å². The van der Waals surface area contributed by atoms with Crippen molar-refractivity contribution >= 4 is 11.6 Å². The van der Waals surface area contributed by atoms with Gasteiger partial charge in [-0.15, -0.1) is 0 Å². The number of ether oxygens (including phenoxy) is 1. The molecule has 0 aliphatic rings. The predicted molar refractivity (Wildman–Crippen MR) is 89.1 cm³/mol. The highest BCUT2D eigenvalue weighted by Gasteiger charge is 2.07. The topological polar surface area (TPSA) is 21.3 Å². The number of rotatable bonds is 8. The summed E-state index contributed by atoms with van der Waals surface area (Å²) in [6, 6.07) is 16.4. The molecule has 0 spiro atoms. The van der Waals surface area contributed by atoms with E-state index in [0.717, 1.165) is 48.7 Å². The maximum atomic E-state index is 6.21. The highest BCUT2D eigenvalue weighted by molar-refractivity contribution is 6.31. The van der Waals surface area contributed by atoms with Crippen LogP contribution < -0.4 is 10.1 Å². The Labute approximate surface area is 132 Å². The normalized spacial score (nSPS) is 10.6. The maximum absolute atomic E-state index is 6.21. The van der Waals surface area contributed by atoms with Crippen LogP contribution in [0.3, 0.4) is 0 Å². The predicted octanol–water partition coefficient (Wildman–Crippen LogP) is 4.46. The van der Waals surface area contributed by atoms with Crippen LogP contribution in [0.4, 0.5) is 0 Å². The fourth-order valence-electron chi connectivity index (χ4n) is 2.28. The van der Waals surface area contributed by atoms with Crippen LogP contribution in [0.15, 0.2) is 48.5 Å². The minimum absolute atomic E-state index is 0.721. The van der Waals surface area contributed by atoms with Gasteiger partial charge in [0.2, 0.25) is 0 Å². The third-order valence-corrected chi connectivity index (χ3v) is 3.74. The van der Waals surface area contributed by atoms with Gasteiger partial charge in [-0.2, -0.15) is 0 Å². The van der Waals surface area contributed by atoms with Crippen LogP contribution in [0.2, 0.25) is 5.02 Å². The van der Waals surface area contributed by atoms with Crippen LogP contribution in [0.25, 0.3) is 0 Å². The Kier molecular flexibility index (Phi) is 6.58. The van der Waals surface area contributed by atoms with Gasteiger partial charge in [-0.05, 0) is 44.0 Å². The lowest BCUT2D eigenvalue weighted by Crippen LogP contribution is -2.09. The molecule has 0 saturated heterocycles. The first kappa shape index (κ1) is 15.9. The standard InChI is InChI=1S/C18H22ClNO/c1-20-14-16-17(19)11-7-12-18(16)21-13-6-5-10-15-8-3-2-4-9-15/h2-4,7-9,11-12,20H,5-6,10,13-14H2,1H3. The lowest BCUT2D eigenvalue weighted by Gasteiger charge is -2.12. The molecule has 0 bridgehead atoms. The number of aryl methyl sites for hydroxylation is 1. The van der Waals surface area contributed by atoms with Crippen LogP contribution in [0, 0.1) is 0 Å². The molecule has 0 fully saturated rings. The lowest BCUT2D eigenvalue weighted by molar-refractivity contribution is 0.303. The molecular weight excluding hydrogens is 282 g/mol. The van der Waals surface area contributed by atoms with Crippen LogP contribution in [-0.2, 0) is 13.0 Å². The van der Waals surface area contributed by atoms with E-state index in [0.29, 0.717) is 0 Å². The molecule has 2 rings (SSSR count). The molecule has 0 aliphatic heterocycles. The van der Waals surface area contributed by atoms with E-state index in [9.17, 15) is 0 Å². The van der Waals surface area contributed by atoms with Gasteiger partial charge in [-0.1, -0.05) is 48.0 Å². The van der Waals surface area contributed by atoms with E-state index < -0.39 is 0 Å². The van der Waals surface area contributed by atoms with Crippen molar-refractivity contribution in [1.82, 2.24) is 5.32 Å². The minimum atomic E-state index is 0.721. The smallest absolute Gasteiger partial charge is 0.125 e. The van der Waals surface area contributed by atoms with Gasteiger partial charge in [-0.3, -0.25) is 0 Å². The fourth-order valence-corrected chi connectivity index (χ4v) is 2.51. The van der Waals surface area contributed by atoms with Crippen molar-refractivity contribution in [2.24, 2.45) is 0 Å². The zero-order valence-corrected chi connectivity index (χ0v) is 13.2. The molecule has 21 heavy (non-hydrogen) atoms. The second kappa shape index (κ2) is 8.71. The van der Waals surface area contributed by atoms with E-state index >= 15 is 0 Å². The number of unbranched alkanes of at least 4 members (excludes halogenated alkanes) is 1. The number of benzene rings is 2. The number of halogens is 1. The van der Waals surface area contributed by atoms with Crippen molar-refractivity contribution in [2.75, 3.05) is 13.7 Å². The van der Waals surface area contributed by atoms with Crippen molar-refractivity contribution in [2.45, 2.75) is 25.8 Å². The van der Waals surface area contributed by atoms with E-state index in [4.69, 9.17) is 16.3 Å². The van der Waals surface area contributed by atoms with E-state index in [1.165, 1.54) is 5.56 Å². The Balaban J connectivity index is 1.77. The lowest BCUT2D eigenvalue weighted by atomic mass is 10.1. The quantitative estimate of drug-likeness (QED) is 0.727. The van der Waals surface area contributed by atoms with Crippen molar-refractivity contribution < 1.29 is 4.74 Å². The molecule has 2 aromatic carbocycles. The molecule has 0 saturated carbocycles. The maximum Gasteiger partial charge on any atom is 0.125 e. The summed E-state index contributed by atoms with van der Waals surface area (Å²) < 4.78 is 5.88. The Morgan fingerprint density at radius 2 is 1.81 bits per heavy atom. The van der Waals surface area contributed by atoms with Gasteiger partial charge in [0.05, 0.1) is 6.61 Å². The van der Waals surface area contributed by atoms with Crippen molar-refractivity contribution in [3.63, 3.8) is 0 Å². The molecule has 1 N–H and O–H groups in total. The van der Waals surface area contributed by atoms with Crippen LogP contribution in [0.5, 0.6) is 5.75 Å². The molecular formula is C18H22ClNO. The summed E-state index contributed by atoms with van der Waals surface area (Å²) in [5.41, 5.74) is 2.42. The molecule has 3 heteroatoms. The summed E-state index contributed by atoms with van der Waals surface area (Å²) in [4.78, 5) is 0. The summed E-state index contributed by atoms with van der Waals surface area (Å²) >= 11 is 6.21. The average Bonchev–Trinajstić information content (AvgIpc) is 2.51. The number of nitrogens with one attached hydrogen (secondary N) is 1.